The van der Waals surface area contributed by atoms with E-state index in [0.717, 1.165) is 0 Å². The van der Waals surface area contributed by atoms with Crippen molar-refractivity contribution in [1.82, 2.24) is 0 Å². The van der Waals surface area contributed by atoms with Crippen LogP contribution in [0.1, 0.15) is 6.92 Å². The number of epoxide rings is 1. The number of rotatable bonds is 2. The summed E-state index contributed by atoms with van der Waals surface area (Å²) in [5.74, 6) is 0. The molecule has 2 nitrogen and oxygen atoms in total. The summed E-state index contributed by atoms with van der Waals surface area (Å²) in [6, 6.07) is 0. The van der Waals surface area contributed by atoms with Crippen LogP contribution in [-0.2, 0) is 9.47 Å². The molecular formula is C5H8O2. The molecule has 0 spiro atoms. The van der Waals surface area contributed by atoms with Crippen molar-refractivity contribution in [3.63, 3.8) is 0 Å². The second-order valence-corrected chi connectivity index (χ2v) is 1.51. The molecule has 40 valence electrons. The average Bonchev–Trinajstić information content (AvgIpc) is 2.22. The minimum absolute atomic E-state index is 0.00231. The Labute approximate surface area is 42.7 Å². The molecule has 0 aliphatic carbocycles. The summed E-state index contributed by atoms with van der Waals surface area (Å²) in [6.45, 7) is 5.33. The lowest BCUT2D eigenvalue weighted by Gasteiger charge is -1.86. The van der Waals surface area contributed by atoms with Crippen molar-refractivity contribution < 1.29 is 9.47 Å². The van der Waals surface area contributed by atoms with Crippen LogP contribution in [0.15, 0.2) is 12.8 Å². The van der Waals surface area contributed by atoms with Gasteiger partial charge in [0.15, 0.2) is 0 Å². The van der Waals surface area contributed by atoms with E-state index in [0.29, 0.717) is 0 Å². The molecule has 2 atom stereocenters. The molecule has 0 aromatic rings. The second-order valence-electron chi connectivity index (χ2n) is 1.51. The minimum Gasteiger partial charge on any atom is -0.470 e. The summed E-state index contributed by atoms with van der Waals surface area (Å²) in [7, 11) is 0. The molecule has 1 aliphatic heterocycles. The predicted molar refractivity (Wildman–Crippen MR) is 25.6 cm³/mol. The third kappa shape index (κ3) is 0.933. The summed E-state index contributed by atoms with van der Waals surface area (Å²) in [5.41, 5.74) is 0. The molecule has 0 aromatic carbocycles. The number of hydrogen-bond acceptors (Lipinski definition) is 2. The minimum atomic E-state index is -0.00231. The summed E-state index contributed by atoms with van der Waals surface area (Å²) in [4.78, 5) is 0. The van der Waals surface area contributed by atoms with E-state index < -0.39 is 0 Å². The molecule has 0 N–H and O–H groups in total. The first-order chi connectivity index (χ1) is 3.34. The van der Waals surface area contributed by atoms with E-state index in [1.54, 1.807) is 0 Å². The van der Waals surface area contributed by atoms with Gasteiger partial charge in [0.1, 0.15) is 6.10 Å². The molecule has 2 heteroatoms. The van der Waals surface area contributed by atoms with Crippen molar-refractivity contribution in [2.24, 2.45) is 0 Å². The zero-order chi connectivity index (χ0) is 5.28. The third-order valence-corrected chi connectivity index (χ3v) is 0.886. The van der Waals surface area contributed by atoms with Gasteiger partial charge in [-0.3, -0.25) is 0 Å². The van der Waals surface area contributed by atoms with Crippen LogP contribution in [0.3, 0.4) is 0 Å². The van der Waals surface area contributed by atoms with E-state index in [-0.39, 0.29) is 12.4 Å². The quantitative estimate of drug-likeness (QED) is 0.379. The Morgan fingerprint density at radius 1 is 1.86 bits per heavy atom. The molecule has 2 unspecified atom stereocenters. The highest BCUT2D eigenvalue weighted by Crippen LogP contribution is 2.21. The topological polar surface area (TPSA) is 21.8 Å². The fourth-order valence-corrected chi connectivity index (χ4v) is 0.404. The van der Waals surface area contributed by atoms with Crippen LogP contribution in [0, 0.1) is 0 Å². The maximum Gasteiger partial charge on any atom is 0.225 e. The first-order valence-electron chi connectivity index (χ1n) is 2.26. The molecular weight excluding hydrogens is 92.1 g/mol. The highest BCUT2D eigenvalue weighted by atomic mass is 16.8. The molecule has 1 saturated heterocycles. The third-order valence-electron chi connectivity index (χ3n) is 0.886. The standard InChI is InChI=1S/C5H8O2/c1-3-6-5-4(2)7-5/h3-5H,1H2,2H3. The van der Waals surface area contributed by atoms with E-state index in [2.05, 4.69) is 6.58 Å². The molecule has 7 heavy (non-hydrogen) atoms. The van der Waals surface area contributed by atoms with Gasteiger partial charge in [-0.15, -0.1) is 0 Å². The van der Waals surface area contributed by atoms with Crippen LogP contribution in [0.5, 0.6) is 0 Å². The van der Waals surface area contributed by atoms with Gasteiger partial charge < -0.3 is 9.47 Å². The van der Waals surface area contributed by atoms with Crippen LogP contribution in [0.4, 0.5) is 0 Å². The number of hydrogen-bond donors (Lipinski definition) is 0. The van der Waals surface area contributed by atoms with Gasteiger partial charge in [-0.05, 0) is 6.92 Å². The Morgan fingerprint density at radius 2 is 2.43 bits per heavy atom. The van der Waals surface area contributed by atoms with Crippen LogP contribution >= 0.6 is 0 Å². The first-order valence-corrected chi connectivity index (χ1v) is 2.26. The Balaban J connectivity index is 2.08. The molecule has 0 amide bonds. The fraction of sp³-hybridized carbons (Fsp3) is 0.600. The Kier molecular flexibility index (Phi) is 1.02. The smallest absolute Gasteiger partial charge is 0.225 e. The van der Waals surface area contributed by atoms with E-state index >= 15 is 0 Å². The van der Waals surface area contributed by atoms with Gasteiger partial charge in [-0.1, -0.05) is 6.58 Å². The lowest BCUT2D eigenvalue weighted by atomic mass is 10.5. The summed E-state index contributed by atoms with van der Waals surface area (Å²) >= 11 is 0. The summed E-state index contributed by atoms with van der Waals surface area (Å²) in [6.07, 6.45) is 1.67. The Morgan fingerprint density at radius 3 is 2.57 bits per heavy atom. The monoisotopic (exact) mass is 100 g/mol. The summed E-state index contributed by atoms with van der Waals surface area (Å²) < 4.78 is 9.67. The van der Waals surface area contributed by atoms with Crippen LogP contribution in [0.25, 0.3) is 0 Å². The SMILES string of the molecule is C=COC1OC1C. The van der Waals surface area contributed by atoms with Crippen molar-refractivity contribution in [3.8, 4) is 0 Å². The molecule has 0 bridgehead atoms. The van der Waals surface area contributed by atoms with Gasteiger partial charge in [0.05, 0.1) is 6.26 Å². The van der Waals surface area contributed by atoms with Gasteiger partial charge in [0.25, 0.3) is 0 Å². The maximum atomic E-state index is 4.86. The van der Waals surface area contributed by atoms with Gasteiger partial charge >= 0.3 is 0 Å². The van der Waals surface area contributed by atoms with Crippen molar-refractivity contribution in [2.75, 3.05) is 0 Å². The highest BCUT2D eigenvalue weighted by Gasteiger charge is 2.35. The molecule has 1 heterocycles. The van der Waals surface area contributed by atoms with Crippen molar-refractivity contribution in [2.45, 2.75) is 19.3 Å². The highest BCUT2D eigenvalue weighted by molar-refractivity contribution is 4.72. The molecule has 1 aliphatic rings. The van der Waals surface area contributed by atoms with Crippen molar-refractivity contribution in [3.05, 3.63) is 12.8 Å². The molecule has 0 aromatic heterocycles. The molecule has 0 radical (unpaired) electrons. The zero-order valence-electron chi connectivity index (χ0n) is 4.26. The van der Waals surface area contributed by atoms with E-state index in [1.165, 1.54) is 6.26 Å². The maximum absolute atomic E-state index is 4.86. The van der Waals surface area contributed by atoms with Crippen molar-refractivity contribution >= 4 is 0 Å². The normalized spacial score (nSPS) is 37.3. The zero-order valence-corrected chi connectivity index (χ0v) is 4.26. The first kappa shape index (κ1) is 4.65. The fourth-order valence-electron chi connectivity index (χ4n) is 0.404. The van der Waals surface area contributed by atoms with Gasteiger partial charge in [0.2, 0.25) is 6.29 Å². The van der Waals surface area contributed by atoms with Crippen molar-refractivity contribution in [1.29, 1.82) is 0 Å². The van der Waals surface area contributed by atoms with Crippen LogP contribution in [-0.4, -0.2) is 12.4 Å². The van der Waals surface area contributed by atoms with Gasteiger partial charge in [-0.2, -0.15) is 0 Å². The lowest BCUT2D eigenvalue weighted by Crippen LogP contribution is -1.88. The van der Waals surface area contributed by atoms with E-state index in [1.807, 2.05) is 6.92 Å². The largest absolute Gasteiger partial charge is 0.470 e. The predicted octanol–water partition coefficient (Wildman–Crippen LogP) is 0.891. The Bertz CT molecular complexity index is 80.1. The Hall–Kier alpha value is -0.500. The summed E-state index contributed by atoms with van der Waals surface area (Å²) in [5, 5.41) is 0. The molecule has 1 fully saturated rings. The second kappa shape index (κ2) is 1.54. The molecule has 0 saturated carbocycles. The average molecular weight is 100 g/mol. The lowest BCUT2D eigenvalue weighted by molar-refractivity contribution is 0.132. The van der Waals surface area contributed by atoms with Crippen LogP contribution < -0.4 is 0 Å². The van der Waals surface area contributed by atoms with E-state index in [9.17, 15) is 0 Å². The molecule has 1 rings (SSSR count). The van der Waals surface area contributed by atoms with Crippen LogP contribution in [0.2, 0.25) is 0 Å². The number of ether oxygens (including phenoxy) is 2. The van der Waals surface area contributed by atoms with E-state index in [4.69, 9.17) is 9.47 Å². The van der Waals surface area contributed by atoms with Gasteiger partial charge in [-0.25, -0.2) is 0 Å². The van der Waals surface area contributed by atoms with Gasteiger partial charge in [0, 0.05) is 0 Å².